The van der Waals surface area contributed by atoms with Crippen molar-refractivity contribution in [3.8, 4) is 11.1 Å². The zero-order valence-corrected chi connectivity index (χ0v) is 22.8. The molecule has 2 fully saturated rings. The molecule has 2 aliphatic rings. The smallest absolute Gasteiger partial charge is 0.141 e. The van der Waals surface area contributed by atoms with Gasteiger partial charge in [-0.05, 0) is 76.3 Å². The molecule has 7 rings (SSSR count). The minimum absolute atomic E-state index is 0.791. The van der Waals surface area contributed by atoms with Gasteiger partial charge in [0.2, 0.25) is 0 Å². The fraction of sp³-hybridized carbons (Fsp3) is 0.257. The first-order valence-corrected chi connectivity index (χ1v) is 14.2. The first-order valence-electron chi connectivity index (χ1n) is 14.2. The molecule has 0 spiro atoms. The predicted octanol–water partition coefficient (Wildman–Crippen LogP) is 6.96. The maximum atomic E-state index is 5.37. The van der Waals surface area contributed by atoms with Crippen LogP contribution >= 0.6 is 0 Å². The highest BCUT2D eigenvalue weighted by atomic mass is 16.5. The SMILES string of the molecule is COCC1C2CN(Cc3ccc(-c4ccc5ncnc(Nc6ccc(Cc7ccccc7)cc6)c5c4)cc3)CC12. The first-order chi connectivity index (χ1) is 19.7. The predicted molar refractivity (Wildman–Crippen MR) is 162 cm³/mol. The molecule has 40 heavy (non-hydrogen) atoms. The summed E-state index contributed by atoms with van der Waals surface area (Å²) >= 11 is 0. The van der Waals surface area contributed by atoms with Crippen LogP contribution in [0.25, 0.3) is 22.0 Å². The van der Waals surface area contributed by atoms with Gasteiger partial charge in [0.05, 0.1) is 5.52 Å². The third kappa shape index (κ3) is 5.23. The zero-order chi connectivity index (χ0) is 26.9. The van der Waals surface area contributed by atoms with Gasteiger partial charge in [-0.1, -0.05) is 72.8 Å². The van der Waals surface area contributed by atoms with Crippen molar-refractivity contribution in [2.24, 2.45) is 17.8 Å². The molecule has 1 N–H and O–H groups in total. The summed E-state index contributed by atoms with van der Waals surface area (Å²) in [6.07, 6.45) is 2.55. The lowest BCUT2D eigenvalue weighted by molar-refractivity contribution is 0.160. The molecule has 1 aliphatic heterocycles. The van der Waals surface area contributed by atoms with E-state index in [1.807, 2.05) is 7.11 Å². The first kappa shape index (κ1) is 24.9. The van der Waals surface area contributed by atoms with Gasteiger partial charge in [-0.2, -0.15) is 0 Å². The molecule has 2 heterocycles. The monoisotopic (exact) mass is 526 g/mol. The van der Waals surface area contributed by atoms with E-state index in [2.05, 4.69) is 117 Å². The summed E-state index contributed by atoms with van der Waals surface area (Å²) in [6, 6.07) is 34.6. The summed E-state index contributed by atoms with van der Waals surface area (Å²) in [5, 5.41) is 4.53. The second kappa shape index (κ2) is 10.8. The van der Waals surface area contributed by atoms with Crippen molar-refractivity contribution in [1.82, 2.24) is 14.9 Å². The van der Waals surface area contributed by atoms with Crippen LogP contribution in [-0.2, 0) is 17.7 Å². The Morgan fingerprint density at radius 1 is 0.775 bits per heavy atom. The molecule has 2 atom stereocenters. The number of ether oxygens (including phenoxy) is 1. The quantitative estimate of drug-likeness (QED) is 0.225. The van der Waals surface area contributed by atoms with E-state index in [1.54, 1.807) is 6.33 Å². The van der Waals surface area contributed by atoms with Gasteiger partial charge < -0.3 is 10.1 Å². The molecule has 200 valence electrons. The Morgan fingerprint density at radius 3 is 2.23 bits per heavy atom. The van der Waals surface area contributed by atoms with Gasteiger partial charge in [0, 0.05) is 44.4 Å². The molecule has 0 bridgehead atoms. The van der Waals surface area contributed by atoms with Gasteiger partial charge in [0.25, 0.3) is 0 Å². The summed E-state index contributed by atoms with van der Waals surface area (Å²) in [5.74, 6) is 3.29. The van der Waals surface area contributed by atoms with Crippen LogP contribution in [0, 0.1) is 17.8 Å². The molecule has 0 amide bonds. The van der Waals surface area contributed by atoms with Crippen LogP contribution in [-0.4, -0.2) is 41.7 Å². The molecule has 1 saturated carbocycles. The number of fused-ring (bicyclic) bond motifs is 2. The van der Waals surface area contributed by atoms with Crippen LogP contribution in [0.4, 0.5) is 11.5 Å². The van der Waals surface area contributed by atoms with Crippen LogP contribution in [0.1, 0.15) is 16.7 Å². The van der Waals surface area contributed by atoms with E-state index in [9.17, 15) is 0 Å². The summed E-state index contributed by atoms with van der Waals surface area (Å²) in [5.41, 5.74) is 8.28. The van der Waals surface area contributed by atoms with Crippen molar-refractivity contribution in [3.63, 3.8) is 0 Å². The molecule has 1 aromatic heterocycles. The number of hydrogen-bond acceptors (Lipinski definition) is 5. The maximum absolute atomic E-state index is 5.37. The number of aromatic nitrogens is 2. The summed E-state index contributed by atoms with van der Waals surface area (Å²) in [7, 11) is 1.82. The molecular formula is C35H34N4O. The third-order valence-corrected chi connectivity index (χ3v) is 8.60. The largest absolute Gasteiger partial charge is 0.384 e. The van der Waals surface area contributed by atoms with Crippen LogP contribution in [0.3, 0.4) is 0 Å². The Morgan fingerprint density at radius 2 is 1.48 bits per heavy atom. The Balaban J connectivity index is 1.04. The van der Waals surface area contributed by atoms with E-state index in [0.717, 1.165) is 59.7 Å². The van der Waals surface area contributed by atoms with E-state index in [-0.39, 0.29) is 0 Å². The topological polar surface area (TPSA) is 50.3 Å². The summed E-state index contributed by atoms with van der Waals surface area (Å²) in [4.78, 5) is 11.7. The highest BCUT2D eigenvalue weighted by Crippen LogP contribution is 2.51. The van der Waals surface area contributed by atoms with Crippen LogP contribution in [0.15, 0.2) is 103 Å². The lowest BCUT2D eigenvalue weighted by atomic mass is 10.0. The van der Waals surface area contributed by atoms with E-state index in [0.29, 0.717) is 0 Å². The lowest BCUT2D eigenvalue weighted by Gasteiger charge is -2.19. The third-order valence-electron chi connectivity index (χ3n) is 8.60. The van der Waals surface area contributed by atoms with Crippen molar-refractivity contribution in [2.45, 2.75) is 13.0 Å². The van der Waals surface area contributed by atoms with Gasteiger partial charge >= 0.3 is 0 Å². The van der Waals surface area contributed by atoms with E-state index in [4.69, 9.17) is 4.74 Å². The molecule has 1 saturated heterocycles. The molecule has 2 unspecified atom stereocenters. The van der Waals surface area contributed by atoms with Crippen molar-refractivity contribution in [2.75, 3.05) is 32.1 Å². The van der Waals surface area contributed by atoms with Crippen LogP contribution in [0.2, 0.25) is 0 Å². The summed E-state index contributed by atoms with van der Waals surface area (Å²) < 4.78 is 5.37. The second-order valence-corrected chi connectivity index (χ2v) is 11.3. The number of piperidine rings is 1. The molecule has 0 radical (unpaired) electrons. The number of nitrogens with zero attached hydrogens (tertiary/aromatic N) is 3. The van der Waals surface area contributed by atoms with E-state index >= 15 is 0 Å². The molecular weight excluding hydrogens is 492 g/mol. The van der Waals surface area contributed by atoms with Gasteiger partial charge in [0.15, 0.2) is 0 Å². The Hall–Kier alpha value is -4.06. The van der Waals surface area contributed by atoms with Crippen LogP contribution in [0.5, 0.6) is 0 Å². The number of nitrogens with one attached hydrogen (secondary N) is 1. The standard InChI is InChI=1S/C35H34N4O/c1-40-22-33-31-20-39(21-32(31)33)19-26-7-11-27(12-8-26)28-13-16-34-30(18-28)35(37-23-36-34)38-29-14-9-25(10-15-29)17-24-5-3-2-4-6-24/h2-16,18,23,31-33H,17,19-22H2,1H3,(H,36,37,38). The Labute approximate surface area is 235 Å². The Bertz CT molecular complexity index is 1590. The van der Waals surface area contributed by atoms with E-state index < -0.39 is 0 Å². The fourth-order valence-electron chi connectivity index (χ4n) is 6.38. The van der Waals surface area contributed by atoms with Crippen LogP contribution < -0.4 is 5.32 Å². The second-order valence-electron chi connectivity index (χ2n) is 11.3. The highest BCUT2D eigenvalue weighted by molar-refractivity contribution is 5.93. The maximum Gasteiger partial charge on any atom is 0.141 e. The average molecular weight is 527 g/mol. The molecule has 5 heteroatoms. The van der Waals surface area contributed by atoms with Crippen molar-refractivity contribution < 1.29 is 4.74 Å². The van der Waals surface area contributed by atoms with Gasteiger partial charge in [-0.3, -0.25) is 4.90 Å². The normalized spacial score (nSPS) is 20.0. The molecule has 5 aromatic rings. The molecule has 4 aromatic carbocycles. The number of rotatable bonds is 9. The lowest BCUT2D eigenvalue weighted by Crippen LogP contribution is -2.24. The minimum atomic E-state index is 0.791. The highest BCUT2D eigenvalue weighted by Gasteiger charge is 2.55. The number of likely N-dealkylation sites (tertiary alicyclic amines) is 1. The van der Waals surface area contributed by atoms with Gasteiger partial charge in [-0.15, -0.1) is 0 Å². The zero-order valence-electron chi connectivity index (χ0n) is 22.8. The minimum Gasteiger partial charge on any atom is -0.384 e. The number of hydrogen-bond donors (Lipinski definition) is 1. The molecule has 1 aliphatic carbocycles. The number of benzene rings is 4. The van der Waals surface area contributed by atoms with Gasteiger partial charge in [-0.25, -0.2) is 9.97 Å². The fourth-order valence-corrected chi connectivity index (χ4v) is 6.38. The molecule has 5 nitrogen and oxygen atoms in total. The Kier molecular flexibility index (Phi) is 6.76. The van der Waals surface area contributed by atoms with Crippen molar-refractivity contribution in [1.29, 1.82) is 0 Å². The average Bonchev–Trinajstić information content (AvgIpc) is 3.43. The summed E-state index contributed by atoms with van der Waals surface area (Å²) in [6.45, 7) is 4.36. The van der Waals surface area contributed by atoms with E-state index in [1.165, 1.54) is 40.9 Å². The number of methoxy groups -OCH3 is 1. The number of anilines is 2. The van der Waals surface area contributed by atoms with Gasteiger partial charge in [0.1, 0.15) is 12.1 Å². The van der Waals surface area contributed by atoms with Crippen molar-refractivity contribution in [3.05, 3.63) is 120 Å². The van der Waals surface area contributed by atoms with Crippen molar-refractivity contribution >= 4 is 22.4 Å².